The van der Waals surface area contributed by atoms with Crippen molar-refractivity contribution in [2.24, 2.45) is 0 Å². The molecular weight excluding hydrogens is 381 g/mol. The summed E-state index contributed by atoms with van der Waals surface area (Å²) in [5.74, 6) is -0.165. The zero-order valence-electron chi connectivity index (χ0n) is 14.2. The van der Waals surface area contributed by atoms with E-state index in [1.54, 1.807) is 23.5 Å². The van der Waals surface area contributed by atoms with Crippen molar-refractivity contribution < 1.29 is 9.18 Å². The van der Waals surface area contributed by atoms with Crippen LogP contribution in [0.2, 0.25) is 0 Å². The predicted molar refractivity (Wildman–Crippen MR) is 108 cm³/mol. The molecule has 0 aliphatic carbocycles. The van der Waals surface area contributed by atoms with Crippen molar-refractivity contribution in [2.75, 3.05) is 5.75 Å². The fourth-order valence-corrected chi connectivity index (χ4v) is 4.26. The number of carbonyl (C=O) groups is 1. The third-order valence-corrected chi connectivity index (χ3v) is 5.85. The Labute approximate surface area is 163 Å². The van der Waals surface area contributed by atoms with E-state index in [1.807, 2.05) is 41.8 Å². The van der Waals surface area contributed by atoms with E-state index in [0.717, 1.165) is 21.5 Å². The summed E-state index contributed by atoms with van der Waals surface area (Å²) >= 11 is 2.91. The van der Waals surface area contributed by atoms with E-state index in [-0.39, 0.29) is 23.5 Å². The predicted octanol–water partition coefficient (Wildman–Crippen LogP) is 4.76. The second-order valence-corrected chi connectivity index (χ2v) is 7.86. The van der Waals surface area contributed by atoms with Gasteiger partial charge in [0.1, 0.15) is 5.82 Å². The van der Waals surface area contributed by atoms with Crippen LogP contribution in [0.5, 0.6) is 0 Å². The van der Waals surface area contributed by atoms with Gasteiger partial charge in [-0.25, -0.2) is 9.37 Å². The summed E-state index contributed by atoms with van der Waals surface area (Å²) in [5, 5.41) is 5.71. The van der Waals surface area contributed by atoms with Gasteiger partial charge in [0.2, 0.25) is 5.91 Å². The van der Waals surface area contributed by atoms with E-state index in [0.29, 0.717) is 5.16 Å². The molecule has 0 spiro atoms. The van der Waals surface area contributed by atoms with Gasteiger partial charge >= 0.3 is 0 Å². The fourth-order valence-electron chi connectivity index (χ4n) is 2.76. The number of nitrogens with one attached hydrogen (secondary N) is 2. The van der Waals surface area contributed by atoms with Crippen LogP contribution < -0.4 is 5.32 Å². The number of aromatic amines is 1. The van der Waals surface area contributed by atoms with Gasteiger partial charge in [-0.05, 0) is 41.3 Å². The van der Waals surface area contributed by atoms with Gasteiger partial charge in [0.25, 0.3) is 0 Å². The maximum atomic E-state index is 13.3. The van der Waals surface area contributed by atoms with E-state index in [4.69, 9.17) is 0 Å². The number of para-hydroxylation sites is 2. The van der Waals surface area contributed by atoms with Crippen molar-refractivity contribution in [1.82, 2.24) is 15.3 Å². The third-order valence-electron chi connectivity index (χ3n) is 4.04. The molecular formula is C20H16FN3OS2. The van der Waals surface area contributed by atoms with Crippen LogP contribution >= 0.6 is 23.1 Å². The Bertz CT molecular complexity index is 1010. The smallest absolute Gasteiger partial charge is 0.231 e. The SMILES string of the molecule is O=C(CSc1nc2ccccc2[nH]1)NC(c1ccc(F)cc1)c1cccs1. The first kappa shape index (κ1) is 17.8. The molecule has 0 saturated heterocycles. The van der Waals surface area contributed by atoms with E-state index >= 15 is 0 Å². The molecule has 4 nitrogen and oxygen atoms in total. The maximum absolute atomic E-state index is 13.3. The van der Waals surface area contributed by atoms with Gasteiger partial charge in [-0.3, -0.25) is 4.79 Å². The number of aromatic nitrogens is 2. The molecule has 0 saturated carbocycles. The highest BCUT2D eigenvalue weighted by atomic mass is 32.2. The summed E-state index contributed by atoms with van der Waals surface area (Å²) in [4.78, 5) is 21.2. The number of imidazole rings is 1. The first-order valence-electron chi connectivity index (χ1n) is 8.35. The number of halogens is 1. The number of nitrogens with zero attached hydrogens (tertiary/aromatic N) is 1. The molecule has 7 heteroatoms. The van der Waals surface area contributed by atoms with Crippen molar-refractivity contribution >= 4 is 40.0 Å². The van der Waals surface area contributed by atoms with Crippen molar-refractivity contribution in [3.05, 3.63) is 82.3 Å². The van der Waals surface area contributed by atoms with Gasteiger partial charge in [-0.2, -0.15) is 0 Å². The van der Waals surface area contributed by atoms with E-state index < -0.39 is 0 Å². The molecule has 2 aromatic carbocycles. The van der Waals surface area contributed by atoms with Crippen molar-refractivity contribution in [2.45, 2.75) is 11.2 Å². The molecule has 136 valence electrons. The zero-order valence-corrected chi connectivity index (χ0v) is 15.8. The standard InChI is InChI=1S/C20H16FN3OS2/c21-14-9-7-13(8-10-14)19(17-6-3-11-26-17)24-18(25)12-27-20-22-15-4-1-2-5-16(15)23-20/h1-11,19H,12H2,(H,22,23)(H,24,25). The number of thiophene rings is 1. The van der Waals surface area contributed by atoms with Crippen molar-refractivity contribution in [3.8, 4) is 0 Å². The molecule has 0 fully saturated rings. The summed E-state index contributed by atoms with van der Waals surface area (Å²) < 4.78 is 13.3. The Morgan fingerprint density at radius 3 is 2.70 bits per heavy atom. The number of fused-ring (bicyclic) bond motifs is 1. The topological polar surface area (TPSA) is 57.8 Å². The molecule has 2 N–H and O–H groups in total. The number of rotatable bonds is 6. The minimum absolute atomic E-state index is 0.108. The largest absolute Gasteiger partial charge is 0.344 e. The Morgan fingerprint density at radius 1 is 1.15 bits per heavy atom. The maximum Gasteiger partial charge on any atom is 0.231 e. The molecule has 2 aromatic heterocycles. The second-order valence-electron chi connectivity index (χ2n) is 5.92. The number of amides is 1. The van der Waals surface area contributed by atoms with Gasteiger partial charge in [-0.1, -0.05) is 42.1 Å². The lowest BCUT2D eigenvalue weighted by molar-refractivity contribution is -0.119. The molecule has 2 heterocycles. The minimum Gasteiger partial charge on any atom is -0.344 e. The zero-order chi connectivity index (χ0) is 18.6. The molecule has 4 rings (SSSR count). The summed E-state index contributed by atoms with van der Waals surface area (Å²) in [6.07, 6.45) is 0. The van der Waals surface area contributed by atoms with Crippen molar-refractivity contribution in [3.63, 3.8) is 0 Å². The van der Waals surface area contributed by atoms with Crippen LogP contribution in [0.4, 0.5) is 4.39 Å². The lowest BCUT2D eigenvalue weighted by atomic mass is 10.1. The number of hydrogen-bond acceptors (Lipinski definition) is 4. The highest BCUT2D eigenvalue weighted by Gasteiger charge is 2.18. The number of thioether (sulfide) groups is 1. The number of hydrogen-bond donors (Lipinski definition) is 2. The van der Waals surface area contributed by atoms with Gasteiger partial charge in [0.05, 0.1) is 22.8 Å². The Balaban J connectivity index is 1.46. The summed E-state index contributed by atoms with van der Waals surface area (Å²) in [7, 11) is 0. The highest BCUT2D eigenvalue weighted by Crippen LogP contribution is 2.27. The molecule has 1 unspecified atom stereocenters. The van der Waals surface area contributed by atoms with Crippen LogP contribution in [0.15, 0.2) is 71.2 Å². The lowest BCUT2D eigenvalue weighted by Gasteiger charge is -2.18. The van der Waals surface area contributed by atoms with Crippen molar-refractivity contribution in [1.29, 1.82) is 0 Å². The number of carbonyl (C=O) groups excluding carboxylic acids is 1. The normalized spacial score (nSPS) is 12.2. The molecule has 1 atom stereocenters. The van der Waals surface area contributed by atoms with E-state index in [2.05, 4.69) is 15.3 Å². The van der Waals surface area contributed by atoms with Crippen LogP contribution in [-0.4, -0.2) is 21.6 Å². The highest BCUT2D eigenvalue weighted by molar-refractivity contribution is 7.99. The molecule has 4 aromatic rings. The average molecular weight is 398 g/mol. The number of benzene rings is 2. The van der Waals surface area contributed by atoms with Crippen LogP contribution in [0.3, 0.4) is 0 Å². The average Bonchev–Trinajstić information content (AvgIpc) is 3.34. The quantitative estimate of drug-likeness (QED) is 0.461. The third kappa shape index (κ3) is 4.20. The molecule has 0 aliphatic heterocycles. The monoisotopic (exact) mass is 397 g/mol. The number of H-pyrrole nitrogens is 1. The molecule has 27 heavy (non-hydrogen) atoms. The summed E-state index contributed by atoms with van der Waals surface area (Å²) in [5.41, 5.74) is 2.67. The second kappa shape index (κ2) is 7.94. The first-order valence-corrected chi connectivity index (χ1v) is 10.2. The van der Waals surface area contributed by atoms with Gasteiger partial charge in [0.15, 0.2) is 5.16 Å². The molecule has 0 radical (unpaired) electrons. The molecule has 0 bridgehead atoms. The van der Waals surface area contributed by atoms with E-state index in [9.17, 15) is 9.18 Å². The van der Waals surface area contributed by atoms with E-state index in [1.165, 1.54) is 23.9 Å². The Morgan fingerprint density at radius 2 is 1.96 bits per heavy atom. The van der Waals surface area contributed by atoms with Gasteiger partial charge in [-0.15, -0.1) is 11.3 Å². The van der Waals surface area contributed by atoms with Crippen LogP contribution in [-0.2, 0) is 4.79 Å². The molecule has 0 aliphatic rings. The van der Waals surface area contributed by atoms with Crippen LogP contribution in [0, 0.1) is 5.82 Å². The van der Waals surface area contributed by atoms with Gasteiger partial charge in [0, 0.05) is 4.88 Å². The summed E-state index contributed by atoms with van der Waals surface area (Å²) in [6, 6.07) is 17.6. The fraction of sp³-hybridized carbons (Fsp3) is 0.100. The Kier molecular flexibility index (Phi) is 5.22. The molecule has 1 amide bonds. The summed E-state index contributed by atoms with van der Waals surface area (Å²) in [6.45, 7) is 0. The van der Waals surface area contributed by atoms with Crippen LogP contribution in [0.25, 0.3) is 11.0 Å². The minimum atomic E-state index is -0.297. The van der Waals surface area contributed by atoms with Crippen LogP contribution in [0.1, 0.15) is 16.5 Å². The van der Waals surface area contributed by atoms with Gasteiger partial charge < -0.3 is 10.3 Å². The Hall–Kier alpha value is -2.64. The lowest BCUT2D eigenvalue weighted by Crippen LogP contribution is -2.30. The first-order chi connectivity index (χ1) is 13.2.